The van der Waals surface area contributed by atoms with Crippen LogP contribution < -0.4 is 9.47 Å². The van der Waals surface area contributed by atoms with E-state index in [1.54, 1.807) is 32.2 Å². The van der Waals surface area contributed by atoms with Gasteiger partial charge in [0.1, 0.15) is 23.9 Å². The molecule has 0 saturated heterocycles. The smallest absolute Gasteiger partial charge is 0.140 e. The van der Waals surface area contributed by atoms with Gasteiger partial charge in [-0.2, -0.15) is 0 Å². The van der Waals surface area contributed by atoms with Crippen LogP contribution in [0.2, 0.25) is 0 Å². The molecule has 0 aliphatic carbocycles. The van der Waals surface area contributed by atoms with Gasteiger partial charge in [-0.15, -0.1) is 0 Å². The summed E-state index contributed by atoms with van der Waals surface area (Å²) in [6.45, 7) is 5.76. The van der Waals surface area contributed by atoms with Gasteiger partial charge in [0.25, 0.3) is 0 Å². The van der Waals surface area contributed by atoms with Crippen molar-refractivity contribution < 1.29 is 19.1 Å². The Morgan fingerprint density at radius 1 is 1.35 bits per heavy atom. The molecule has 1 atom stereocenters. The van der Waals surface area contributed by atoms with E-state index in [-0.39, 0.29) is 0 Å². The molecule has 1 aromatic carbocycles. The van der Waals surface area contributed by atoms with Crippen LogP contribution in [-0.2, 0) is 6.61 Å². The number of ether oxygens (including phenoxy) is 2. The Kier molecular flexibility index (Phi) is 4.29. The zero-order valence-corrected chi connectivity index (χ0v) is 12.1. The van der Waals surface area contributed by atoms with Gasteiger partial charge in [-0.25, -0.2) is 0 Å². The number of aromatic nitrogens is 1. The van der Waals surface area contributed by atoms with Crippen LogP contribution in [0.4, 0.5) is 0 Å². The lowest BCUT2D eigenvalue weighted by molar-refractivity contribution is 0.189. The van der Waals surface area contributed by atoms with E-state index in [1.165, 1.54) is 0 Å². The van der Waals surface area contributed by atoms with E-state index in [9.17, 15) is 5.11 Å². The molecule has 2 rings (SSSR count). The molecule has 0 bridgehead atoms. The van der Waals surface area contributed by atoms with Crippen LogP contribution in [-0.4, -0.2) is 17.4 Å². The molecular weight excluding hydrogens is 258 g/mol. The number of aryl methyl sites for hydroxylation is 2. The predicted molar refractivity (Wildman–Crippen MR) is 73.9 cm³/mol. The summed E-state index contributed by atoms with van der Waals surface area (Å²) in [7, 11) is 1.59. The highest BCUT2D eigenvalue weighted by Gasteiger charge is 2.14. The molecule has 5 nitrogen and oxygen atoms in total. The molecule has 0 radical (unpaired) electrons. The quantitative estimate of drug-likeness (QED) is 0.910. The zero-order valence-electron chi connectivity index (χ0n) is 12.1. The molecule has 1 heterocycles. The second-order valence-electron chi connectivity index (χ2n) is 4.67. The van der Waals surface area contributed by atoms with Gasteiger partial charge in [0.15, 0.2) is 0 Å². The van der Waals surface area contributed by atoms with Gasteiger partial charge < -0.3 is 19.1 Å². The first kappa shape index (κ1) is 14.4. The summed E-state index contributed by atoms with van der Waals surface area (Å²) in [4.78, 5) is 0. The first-order chi connectivity index (χ1) is 9.52. The second-order valence-corrected chi connectivity index (χ2v) is 4.67. The highest BCUT2D eigenvalue weighted by Crippen LogP contribution is 2.30. The summed E-state index contributed by atoms with van der Waals surface area (Å²) < 4.78 is 16.1. The number of methoxy groups -OCH3 is 1. The van der Waals surface area contributed by atoms with E-state index >= 15 is 0 Å². The van der Waals surface area contributed by atoms with E-state index in [2.05, 4.69) is 5.16 Å². The Morgan fingerprint density at radius 2 is 2.10 bits per heavy atom. The van der Waals surface area contributed by atoms with E-state index in [4.69, 9.17) is 14.0 Å². The average Bonchev–Trinajstić information content (AvgIpc) is 2.75. The summed E-state index contributed by atoms with van der Waals surface area (Å²) in [5.74, 6) is 2.02. The van der Waals surface area contributed by atoms with Crippen molar-refractivity contribution in [3.05, 3.63) is 40.8 Å². The van der Waals surface area contributed by atoms with Crippen LogP contribution in [0.3, 0.4) is 0 Å². The van der Waals surface area contributed by atoms with Crippen LogP contribution in [0, 0.1) is 13.8 Å². The number of aliphatic hydroxyl groups is 1. The minimum atomic E-state index is -0.611. The lowest BCUT2D eigenvalue weighted by atomic mass is 10.1. The molecule has 0 saturated carbocycles. The first-order valence-corrected chi connectivity index (χ1v) is 6.43. The van der Waals surface area contributed by atoms with Crippen molar-refractivity contribution in [2.45, 2.75) is 33.5 Å². The summed E-state index contributed by atoms with van der Waals surface area (Å²) in [6.07, 6.45) is -0.611. The Hall–Kier alpha value is -2.01. The summed E-state index contributed by atoms with van der Waals surface area (Å²) >= 11 is 0. The van der Waals surface area contributed by atoms with Crippen molar-refractivity contribution in [2.75, 3.05) is 7.11 Å². The fourth-order valence-electron chi connectivity index (χ4n) is 1.97. The van der Waals surface area contributed by atoms with E-state index in [1.807, 2.05) is 13.8 Å². The van der Waals surface area contributed by atoms with Crippen molar-refractivity contribution in [3.8, 4) is 11.5 Å². The van der Waals surface area contributed by atoms with Crippen LogP contribution >= 0.6 is 0 Å². The first-order valence-electron chi connectivity index (χ1n) is 6.43. The van der Waals surface area contributed by atoms with Gasteiger partial charge in [0.2, 0.25) is 0 Å². The highest BCUT2D eigenvalue weighted by atomic mass is 16.5. The van der Waals surface area contributed by atoms with Crippen molar-refractivity contribution >= 4 is 0 Å². The molecule has 0 amide bonds. The maximum Gasteiger partial charge on any atom is 0.140 e. The van der Waals surface area contributed by atoms with Crippen LogP contribution in [0.25, 0.3) is 0 Å². The number of aliphatic hydroxyl groups excluding tert-OH is 1. The predicted octanol–water partition coefficient (Wildman–Crippen LogP) is 2.93. The largest absolute Gasteiger partial charge is 0.497 e. The van der Waals surface area contributed by atoms with Crippen molar-refractivity contribution in [1.82, 2.24) is 5.16 Å². The third kappa shape index (κ3) is 2.93. The Balaban J connectivity index is 2.23. The SMILES string of the molecule is COc1ccc([C@H](C)O)c(OCc2c(C)noc2C)c1. The monoisotopic (exact) mass is 277 g/mol. The normalized spacial score (nSPS) is 12.2. The third-order valence-electron chi connectivity index (χ3n) is 3.22. The Labute approximate surface area is 118 Å². The van der Waals surface area contributed by atoms with Gasteiger partial charge in [0, 0.05) is 11.6 Å². The zero-order chi connectivity index (χ0) is 14.7. The lowest BCUT2D eigenvalue weighted by Gasteiger charge is -2.14. The highest BCUT2D eigenvalue weighted by molar-refractivity contribution is 5.42. The fraction of sp³-hybridized carbons (Fsp3) is 0.400. The molecule has 0 spiro atoms. The molecule has 20 heavy (non-hydrogen) atoms. The maximum absolute atomic E-state index is 9.78. The lowest BCUT2D eigenvalue weighted by Crippen LogP contribution is -2.02. The van der Waals surface area contributed by atoms with Crippen LogP contribution in [0.15, 0.2) is 22.7 Å². The third-order valence-corrected chi connectivity index (χ3v) is 3.22. The summed E-state index contributed by atoms with van der Waals surface area (Å²) in [5.41, 5.74) is 2.45. The number of hydrogen-bond acceptors (Lipinski definition) is 5. The fourth-order valence-corrected chi connectivity index (χ4v) is 1.97. The molecule has 0 aliphatic heterocycles. The molecule has 2 aromatic rings. The molecule has 0 unspecified atom stereocenters. The second kappa shape index (κ2) is 5.96. The van der Waals surface area contributed by atoms with E-state index < -0.39 is 6.10 Å². The van der Waals surface area contributed by atoms with Crippen LogP contribution in [0.5, 0.6) is 11.5 Å². The topological polar surface area (TPSA) is 64.7 Å². The minimum Gasteiger partial charge on any atom is -0.497 e. The molecule has 0 aliphatic rings. The van der Waals surface area contributed by atoms with Crippen molar-refractivity contribution in [1.29, 1.82) is 0 Å². The molecule has 108 valence electrons. The minimum absolute atomic E-state index is 0.341. The summed E-state index contributed by atoms with van der Waals surface area (Å²) in [6, 6.07) is 5.36. The van der Waals surface area contributed by atoms with Crippen LogP contribution in [0.1, 0.15) is 35.6 Å². The van der Waals surface area contributed by atoms with E-state index in [0.29, 0.717) is 18.1 Å². The van der Waals surface area contributed by atoms with Gasteiger partial charge in [-0.3, -0.25) is 0 Å². The molecule has 1 N–H and O–H groups in total. The van der Waals surface area contributed by atoms with Gasteiger partial charge in [-0.05, 0) is 32.9 Å². The maximum atomic E-state index is 9.78. The van der Waals surface area contributed by atoms with E-state index in [0.717, 1.165) is 22.6 Å². The molecule has 5 heteroatoms. The van der Waals surface area contributed by atoms with Gasteiger partial charge in [-0.1, -0.05) is 5.16 Å². The number of hydrogen-bond donors (Lipinski definition) is 1. The Bertz CT molecular complexity index is 570. The number of nitrogens with zero attached hydrogens (tertiary/aromatic N) is 1. The van der Waals surface area contributed by atoms with Crippen molar-refractivity contribution in [2.24, 2.45) is 0 Å². The standard InChI is InChI=1S/C15H19NO4/c1-9-14(11(3)20-16-9)8-19-15-7-12(18-4)5-6-13(15)10(2)17/h5-7,10,17H,8H2,1-4H3/t10-/m0/s1. The summed E-state index contributed by atoms with van der Waals surface area (Å²) in [5, 5.41) is 13.7. The number of rotatable bonds is 5. The van der Waals surface area contributed by atoms with Gasteiger partial charge in [0.05, 0.1) is 24.5 Å². The van der Waals surface area contributed by atoms with Crippen molar-refractivity contribution in [3.63, 3.8) is 0 Å². The molecule has 0 fully saturated rings. The number of benzene rings is 1. The van der Waals surface area contributed by atoms with Gasteiger partial charge >= 0.3 is 0 Å². The molecular formula is C15H19NO4. The molecule has 1 aromatic heterocycles. The average molecular weight is 277 g/mol. The Morgan fingerprint density at radius 3 is 2.65 bits per heavy atom.